The molecule has 1 aliphatic carbocycles. The summed E-state index contributed by atoms with van der Waals surface area (Å²) in [6.45, 7) is 2.27. The molecule has 2 aromatic carbocycles. The van der Waals surface area contributed by atoms with Gasteiger partial charge in [-0.05, 0) is 41.9 Å². The lowest BCUT2D eigenvalue weighted by Gasteiger charge is -2.38. The van der Waals surface area contributed by atoms with Crippen LogP contribution in [-0.4, -0.2) is 0 Å². The van der Waals surface area contributed by atoms with Gasteiger partial charge in [0.25, 0.3) is 0 Å². The molecule has 0 bridgehead atoms. The molecule has 3 rings (SSSR count). The molecule has 2 nitrogen and oxygen atoms in total. The van der Waals surface area contributed by atoms with Gasteiger partial charge < -0.3 is 0 Å². The SMILES string of the molecule is CCCCCCCC1(c2ccc(-c3cccc(C#N)c3C#N)cc2)CCCCC1. The summed E-state index contributed by atoms with van der Waals surface area (Å²) in [5.41, 5.74) is 4.60. The average Bonchev–Trinajstić information content (AvgIpc) is 2.79. The molecule has 0 radical (unpaired) electrons. The number of nitriles is 2. The highest BCUT2D eigenvalue weighted by Crippen LogP contribution is 2.44. The number of benzene rings is 2. The molecule has 0 atom stereocenters. The lowest BCUT2D eigenvalue weighted by atomic mass is 9.66. The van der Waals surface area contributed by atoms with E-state index in [4.69, 9.17) is 0 Å². The first kappa shape index (κ1) is 21.1. The molecular formula is C27H32N2. The molecule has 0 saturated heterocycles. The van der Waals surface area contributed by atoms with E-state index >= 15 is 0 Å². The quantitative estimate of drug-likeness (QED) is 0.439. The molecule has 0 spiro atoms. The summed E-state index contributed by atoms with van der Waals surface area (Å²) in [5.74, 6) is 0. The first-order valence-electron chi connectivity index (χ1n) is 11.3. The van der Waals surface area contributed by atoms with Gasteiger partial charge in [0.1, 0.15) is 12.1 Å². The fourth-order valence-corrected chi connectivity index (χ4v) is 4.99. The van der Waals surface area contributed by atoms with Gasteiger partial charge in [0, 0.05) is 5.56 Å². The zero-order chi connectivity index (χ0) is 20.5. The zero-order valence-corrected chi connectivity index (χ0v) is 17.7. The van der Waals surface area contributed by atoms with Crippen molar-refractivity contribution < 1.29 is 0 Å². The van der Waals surface area contributed by atoms with Gasteiger partial charge in [-0.25, -0.2) is 0 Å². The molecule has 1 aliphatic rings. The van der Waals surface area contributed by atoms with Crippen molar-refractivity contribution in [1.29, 1.82) is 10.5 Å². The third-order valence-corrected chi connectivity index (χ3v) is 6.67. The largest absolute Gasteiger partial charge is 0.192 e. The predicted octanol–water partition coefficient (Wildman–Crippen LogP) is 7.66. The lowest BCUT2D eigenvalue weighted by molar-refractivity contribution is 0.265. The molecule has 1 saturated carbocycles. The van der Waals surface area contributed by atoms with E-state index in [1.807, 2.05) is 12.1 Å². The highest BCUT2D eigenvalue weighted by Gasteiger charge is 2.33. The summed E-state index contributed by atoms with van der Waals surface area (Å²) in [4.78, 5) is 0. The summed E-state index contributed by atoms with van der Waals surface area (Å²) in [6.07, 6.45) is 14.6. The summed E-state index contributed by atoms with van der Waals surface area (Å²) < 4.78 is 0. The molecular weight excluding hydrogens is 352 g/mol. The van der Waals surface area contributed by atoms with Crippen molar-refractivity contribution in [3.05, 3.63) is 59.2 Å². The Balaban J connectivity index is 1.83. The van der Waals surface area contributed by atoms with Gasteiger partial charge in [-0.15, -0.1) is 0 Å². The van der Waals surface area contributed by atoms with Crippen LogP contribution in [0.25, 0.3) is 11.1 Å². The molecule has 150 valence electrons. The minimum atomic E-state index is 0.329. The highest BCUT2D eigenvalue weighted by molar-refractivity contribution is 5.73. The second-order valence-electron chi connectivity index (χ2n) is 8.53. The molecule has 0 aliphatic heterocycles. The van der Waals surface area contributed by atoms with Crippen molar-refractivity contribution >= 4 is 0 Å². The standard InChI is InChI=1S/C27H32N2/c1-2-3-4-5-7-17-27(18-8-6-9-19-27)24-15-13-22(14-16-24)25-12-10-11-23(20-28)26(25)21-29/h10-16H,2-9,17-19H2,1H3. The Kier molecular flexibility index (Phi) is 7.48. The van der Waals surface area contributed by atoms with Gasteiger partial charge in [0.15, 0.2) is 0 Å². The number of hydrogen-bond donors (Lipinski definition) is 0. The van der Waals surface area contributed by atoms with E-state index in [9.17, 15) is 10.5 Å². The van der Waals surface area contributed by atoms with E-state index in [1.54, 1.807) is 6.07 Å². The number of unbranched alkanes of at least 4 members (excludes halogenated alkanes) is 4. The van der Waals surface area contributed by atoms with Crippen LogP contribution in [0.2, 0.25) is 0 Å². The van der Waals surface area contributed by atoms with Crippen molar-refractivity contribution in [2.24, 2.45) is 0 Å². The summed E-state index contributed by atoms with van der Waals surface area (Å²) in [6, 6.07) is 18.8. The minimum absolute atomic E-state index is 0.329. The van der Waals surface area contributed by atoms with Gasteiger partial charge >= 0.3 is 0 Å². The maximum Gasteiger partial charge on any atom is 0.101 e. The Morgan fingerprint density at radius 1 is 0.828 bits per heavy atom. The second-order valence-corrected chi connectivity index (χ2v) is 8.53. The van der Waals surface area contributed by atoms with E-state index in [0.717, 1.165) is 11.1 Å². The Morgan fingerprint density at radius 3 is 2.21 bits per heavy atom. The maximum atomic E-state index is 9.55. The van der Waals surface area contributed by atoms with Crippen LogP contribution < -0.4 is 0 Å². The summed E-state index contributed by atoms with van der Waals surface area (Å²) >= 11 is 0. The molecule has 0 N–H and O–H groups in total. The van der Waals surface area contributed by atoms with E-state index in [0.29, 0.717) is 16.5 Å². The van der Waals surface area contributed by atoms with Crippen molar-refractivity contribution in [2.45, 2.75) is 83.0 Å². The molecule has 2 heteroatoms. The van der Waals surface area contributed by atoms with Crippen LogP contribution >= 0.6 is 0 Å². The minimum Gasteiger partial charge on any atom is -0.192 e. The van der Waals surface area contributed by atoms with Gasteiger partial charge in [-0.3, -0.25) is 0 Å². The molecule has 2 aromatic rings. The van der Waals surface area contributed by atoms with Crippen LogP contribution in [0.15, 0.2) is 42.5 Å². The number of rotatable bonds is 8. The Morgan fingerprint density at radius 2 is 1.55 bits per heavy atom. The van der Waals surface area contributed by atoms with Crippen molar-refractivity contribution in [3.63, 3.8) is 0 Å². The molecule has 0 aromatic heterocycles. The van der Waals surface area contributed by atoms with Gasteiger partial charge in [-0.2, -0.15) is 10.5 Å². The van der Waals surface area contributed by atoms with Crippen LogP contribution in [0.5, 0.6) is 0 Å². The van der Waals surface area contributed by atoms with Crippen LogP contribution in [0, 0.1) is 22.7 Å². The summed E-state index contributed by atoms with van der Waals surface area (Å²) in [7, 11) is 0. The van der Waals surface area contributed by atoms with Crippen molar-refractivity contribution in [2.75, 3.05) is 0 Å². The predicted molar refractivity (Wildman–Crippen MR) is 119 cm³/mol. The van der Waals surface area contributed by atoms with Crippen LogP contribution in [0.4, 0.5) is 0 Å². The van der Waals surface area contributed by atoms with Crippen LogP contribution in [0.1, 0.15) is 94.2 Å². The Labute approximate surface area is 176 Å². The normalized spacial score (nSPS) is 15.4. The van der Waals surface area contributed by atoms with E-state index in [2.05, 4.69) is 43.3 Å². The van der Waals surface area contributed by atoms with Gasteiger partial charge in [0.2, 0.25) is 0 Å². The topological polar surface area (TPSA) is 47.6 Å². The fraction of sp³-hybridized carbons (Fsp3) is 0.481. The molecule has 0 heterocycles. The number of nitrogens with zero attached hydrogens (tertiary/aromatic N) is 2. The van der Waals surface area contributed by atoms with E-state index in [1.165, 1.54) is 76.2 Å². The Bertz CT molecular complexity index is 874. The molecule has 0 amide bonds. The smallest absolute Gasteiger partial charge is 0.101 e. The van der Waals surface area contributed by atoms with E-state index < -0.39 is 0 Å². The van der Waals surface area contributed by atoms with E-state index in [-0.39, 0.29) is 0 Å². The van der Waals surface area contributed by atoms with Crippen LogP contribution in [0.3, 0.4) is 0 Å². The first-order chi connectivity index (χ1) is 14.2. The summed E-state index contributed by atoms with van der Waals surface area (Å²) in [5, 5.41) is 18.9. The third kappa shape index (κ3) is 4.89. The average molecular weight is 385 g/mol. The van der Waals surface area contributed by atoms with Crippen molar-refractivity contribution in [3.8, 4) is 23.3 Å². The third-order valence-electron chi connectivity index (χ3n) is 6.67. The molecule has 0 unspecified atom stereocenters. The second kappa shape index (κ2) is 10.3. The highest BCUT2D eigenvalue weighted by atomic mass is 14.4. The molecule has 1 fully saturated rings. The van der Waals surface area contributed by atoms with Crippen molar-refractivity contribution in [1.82, 2.24) is 0 Å². The zero-order valence-electron chi connectivity index (χ0n) is 17.7. The lowest BCUT2D eigenvalue weighted by Crippen LogP contribution is -2.29. The first-order valence-corrected chi connectivity index (χ1v) is 11.3. The van der Waals surface area contributed by atoms with Gasteiger partial charge in [-0.1, -0.05) is 94.7 Å². The maximum absolute atomic E-state index is 9.55. The number of hydrogen-bond acceptors (Lipinski definition) is 2. The Hall–Kier alpha value is -2.58. The monoisotopic (exact) mass is 384 g/mol. The fourth-order valence-electron chi connectivity index (χ4n) is 4.99. The van der Waals surface area contributed by atoms with Gasteiger partial charge in [0.05, 0.1) is 11.1 Å². The molecule has 29 heavy (non-hydrogen) atoms. The van der Waals surface area contributed by atoms with Crippen LogP contribution in [-0.2, 0) is 5.41 Å².